The topological polar surface area (TPSA) is 62.1 Å². The molecule has 0 amide bonds. The summed E-state index contributed by atoms with van der Waals surface area (Å²) in [6, 6.07) is 7.03. The number of carboxylic acid groups (broad SMARTS) is 1. The maximum atomic E-state index is 11.3. The molecule has 0 aliphatic carbocycles. The summed E-state index contributed by atoms with van der Waals surface area (Å²) < 4.78 is 5.59. The van der Waals surface area contributed by atoms with Crippen LogP contribution >= 0.6 is 0 Å². The van der Waals surface area contributed by atoms with Gasteiger partial charge in [-0.3, -0.25) is 0 Å². The molecule has 0 unspecified atom stereocenters. The number of para-hydroxylation sites is 1. The zero-order chi connectivity index (χ0) is 15.9. The van der Waals surface area contributed by atoms with E-state index >= 15 is 0 Å². The van der Waals surface area contributed by atoms with Gasteiger partial charge in [0.25, 0.3) is 0 Å². The molecular formula is C17H20N2O3. The second-order valence-electron chi connectivity index (χ2n) is 5.15. The number of rotatable bonds is 6. The van der Waals surface area contributed by atoms with Crippen molar-refractivity contribution in [3.8, 4) is 0 Å². The number of ether oxygens (including phenoxy) is 1. The highest BCUT2D eigenvalue weighted by atomic mass is 16.5. The first kappa shape index (κ1) is 15.8. The van der Waals surface area contributed by atoms with E-state index in [1.165, 1.54) is 6.40 Å². The lowest BCUT2D eigenvalue weighted by Crippen LogP contribution is -2.24. The van der Waals surface area contributed by atoms with Crippen LogP contribution in [-0.4, -0.2) is 36.7 Å². The molecule has 22 heavy (non-hydrogen) atoms. The van der Waals surface area contributed by atoms with Gasteiger partial charge in [-0.05, 0) is 24.6 Å². The zero-order valence-corrected chi connectivity index (χ0v) is 12.6. The molecule has 5 heteroatoms. The second kappa shape index (κ2) is 7.45. The largest absolute Gasteiger partial charge is 0.478 e. The third-order valence-electron chi connectivity index (χ3n) is 3.53. The highest BCUT2D eigenvalue weighted by molar-refractivity contribution is 5.94. The molecule has 1 N–H and O–H groups in total. The summed E-state index contributed by atoms with van der Waals surface area (Å²) in [6.07, 6.45) is 5.69. The van der Waals surface area contributed by atoms with E-state index in [9.17, 15) is 9.90 Å². The number of aliphatic imine (C=N–C) groups is 1. The number of anilines is 1. The number of carboxylic acids is 1. The van der Waals surface area contributed by atoms with Crippen molar-refractivity contribution in [3.63, 3.8) is 0 Å². The van der Waals surface area contributed by atoms with Crippen LogP contribution in [0, 0.1) is 0 Å². The minimum absolute atomic E-state index is 0.0167. The Morgan fingerprint density at radius 3 is 3.00 bits per heavy atom. The van der Waals surface area contributed by atoms with Crippen LogP contribution in [0.4, 0.5) is 5.69 Å². The van der Waals surface area contributed by atoms with Crippen molar-refractivity contribution in [2.75, 3.05) is 18.0 Å². The van der Waals surface area contributed by atoms with Gasteiger partial charge in [-0.15, -0.1) is 0 Å². The van der Waals surface area contributed by atoms with Gasteiger partial charge in [0, 0.05) is 19.2 Å². The van der Waals surface area contributed by atoms with E-state index in [4.69, 9.17) is 4.74 Å². The molecule has 1 aromatic carbocycles. The fourth-order valence-corrected chi connectivity index (χ4v) is 2.31. The Balaban J connectivity index is 1.96. The van der Waals surface area contributed by atoms with Crippen molar-refractivity contribution in [1.82, 2.24) is 0 Å². The molecule has 0 bridgehead atoms. The van der Waals surface area contributed by atoms with Crippen LogP contribution in [0.3, 0.4) is 0 Å². The lowest BCUT2D eigenvalue weighted by atomic mass is 10.1. The van der Waals surface area contributed by atoms with E-state index in [1.54, 1.807) is 24.4 Å². The van der Waals surface area contributed by atoms with Gasteiger partial charge in [-0.2, -0.15) is 0 Å². The van der Waals surface area contributed by atoms with Gasteiger partial charge in [0.15, 0.2) is 6.40 Å². The predicted molar refractivity (Wildman–Crippen MR) is 87.6 cm³/mol. The van der Waals surface area contributed by atoms with Crippen molar-refractivity contribution in [3.05, 3.63) is 54.3 Å². The molecule has 2 rings (SSSR count). The molecule has 1 atom stereocenters. The molecule has 1 heterocycles. The van der Waals surface area contributed by atoms with Gasteiger partial charge in [-0.25, -0.2) is 9.79 Å². The molecule has 0 spiro atoms. The summed E-state index contributed by atoms with van der Waals surface area (Å²) >= 11 is 0. The average molecular weight is 300 g/mol. The standard InChI is InChI=1S/C17H20N2O3/c1-3-13(2)10-18-12-22-14-8-9-19(11-14)16-7-5-4-6-15(16)17(20)21/h3-7,10,12,14H,1,8-9,11H2,2H3,(H,20,21)/b13-10-,18-12?/t14-/m0/s1. The van der Waals surface area contributed by atoms with Crippen molar-refractivity contribution in [1.29, 1.82) is 0 Å². The van der Waals surface area contributed by atoms with Crippen molar-refractivity contribution < 1.29 is 14.6 Å². The zero-order valence-electron chi connectivity index (χ0n) is 12.6. The number of hydrogen-bond donors (Lipinski definition) is 1. The van der Waals surface area contributed by atoms with Crippen LogP contribution in [0.15, 0.2) is 53.7 Å². The number of carbonyl (C=O) groups is 1. The predicted octanol–water partition coefficient (Wildman–Crippen LogP) is 3.10. The van der Waals surface area contributed by atoms with E-state index < -0.39 is 5.97 Å². The van der Waals surface area contributed by atoms with E-state index in [-0.39, 0.29) is 6.10 Å². The molecule has 116 valence electrons. The quantitative estimate of drug-likeness (QED) is 0.498. The van der Waals surface area contributed by atoms with Crippen LogP contribution in [0.1, 0.15) is 23.7 Å². The summed E-state index contributed by atoms with van der Waals surface area (Å²) in [5.41, 5.74) is 2.02. The second-order valence-corrected chi connectivity index (χ2v) is 5.15. The fraction of sp³-hybridized carbons (Fsp3) is 0.294. The van der Waals surface area contributed by atoms with Gasteiger partial charge in [0.1, 0.15) is 6.10 Å². The van der Waals surface area contributed by atoms with Gasteiger partial charge in [-0.1, -0.05) is 24.8 Å². The van der Waals surface area contributed by atoms with Crippen molar-refractivity contribution in [2.24, 2.45) is 4.99 Å². The van der Waals surface area contributed by atoms with E-state index in [0.717, 1.165) is 24.2 Å². The Morgan fingerprint density at radius 1 is 1.50 bits per heavy atom. The first-order valence-electron chi connectivity index (χ1n) is 7.15. The van der Waals surface area contributed by atoms with Crippen molar-refractivity contribution >= 4 is 18.1 Å². The minimum atomic E-state index is -0.911. The lowest BCUT2D eigenvalue weighted by molar-refractivity contribution is 0.0697. The molecule has 0 aromatic heterocycles. The number of aromatic carboxylic acids is 1. The molecule has 1 saturated heterocycles. The highest BCUT2D eigenvalue weighted by Gasteiger charge is 2.26. The first-order chi connectivity index (χ1) is 10.6. The molecular weight excluding hydrogens is 280 g/mol. The smallest absolute Gasteiger partial charge is 0.337 e. The maximum Gasteiger partial charge on any atom is 0.337 e. The fourth-order valence-electron chi connectivity index (χ4n) is 2.31. The SMILES string of the molecule is C=C/C(C)=C\N=CO[C@H]1CCN(c2ccccc2C(=O)O)C1. The molecule has 1 fully saturated rings. The third-order valence-corrected chi connectivity index (χ3v) is 3.53. The van der Waals surface area contributed by atoms with Crippen LogP contribution < -0.4 is 4.90 Å². The van der Waals surface area contributed by atoms with Gasteiger partial charge < -0.3 is 14.7 Å². The lowest BCUT2D eigenvalue weighted by Gasteiger charge is -2.20. The normalized spacial score (nSPS) is 18.7. The monoisotopic (exact) mass is 300 g/mol. The summed E-state index contributed by atoms with van der Waals surface area (Å²) in [5, 5.41) is 9.25. The Labute approximate surface area is 130 Å². The summed E-state index contributed by atoms with van der Waals surface area (Å²) in [6.45, 7) is 6.97. The van der Waals surface area contributed by atoms with E-state index in [0.29, 0.717) is 12.1 Å². The molecule has 1 aliphatic heterocycles. The Morgan fingerprint density at radius 2 is 2.27 bits per heavy atom. The van der Waals surface area contributed by atoms with Gasteiger partial charge >= 0.3 is 5.97 Å². The van der Waals surface area contributed by atoms with Crippen molar-refractivity contribution in [2.45, 2.75) is 19.4 Å². The Kier molecular flexibility index (Phi) is 5.36. The number of allylic oxidation sites excluding steroid dienone is 2. The van der Waals surface area contributed by atoms with Crippen LogP contribution in [0.5, 0.6) is 0 Å². The number of hydrogen-bond acceptors (Lipinski definition) is 4. The minimum Gasteiger partial charge on any atom is -0.478 e. The summed E-state index contributed by atoms with van der Waals surface area (Å²) in [4.78, 5) is 17.4. The number of benzene rings is 1. The molecule has 1 aromatic rings. The van der Waals surface area contributed by atoms with E-state index in [2.05, 4.69) is 11.6 Å². The first-order valence-corrected chi connectivity index (χ1v) is 7.15. The Bertz CT molecular complexity index is 608. The van der Waals surface area contributed by atoms with Crippen LogP contribution in [0.25, 0.3) is 0 Å². The molecule has 1 aliphatic rings. The molecule has 0 saturated carbocycles. The molecule has 0 radical (unpaired) electrons. The summed E-state index contributed by atoms with van der Waals surface area (Å²) in [7, 11) is 0. The van der Waals surface area contributed by atoms with Gasteiger partial charge in [0.05, 0.1) is 17.8 Å². The van der Waals surface area contributed by atoms with Gasteiger partial charge in [0.2, 0.25) is 0 Å². The van der Waals surface area contributed by atoms with E-state index in [1.807, 2.05) is 24.0 Å². The average Bonchev–Trinajstić information content (AvgIpc) is 3.00. The highest BCUT2D eigenvalue weighted by Crippen LogP contribution is 2.25. The van der Waals surface area contributed by atoms with Crippen LogP contribution in [-0.2, 0) is 4.74 Å². The maximum absolute atomic E-state index is 11.3. The Hall–Kier alpha value is -2.56. The summed E-state index contributed by atoms with van der Waals surface area (Å²) in [5.74, 6) is -0.911. The third kappa shape index (κ3) is 3.97. The number of nitrogens with zero attached hydrogens (tertiary/aromatic N) is 2. The van der Waals surface area contributed by atoms with Crippen LogP contribution in [0.2, 0.25) is 0 Å². The molecule has 5 nitrogen and oxygen atoms in total.